The van der Waals surface area contributed by atoms with Crippen molar-refractivity contribution in [3.63, 3.8) is 0 Å². The summed E-state index contributed by atoms with van der Waals surface area (Å²) in [6.45, 7) is 0.393. The van der Waals surface area contributed by atoms with Crippen molar-refractivity contribution in [2.75, 3.05) is 11.1 Å². The maximum Gasteiger partial charge on any atom is 0.254 e. The fourth-order valence-corrected chi connectivity index (χ4v) is 3.26. The van der Waals surface area contributed by atoms with E-state index in [1.54, 1.807) is 30.3 Å². The van der Waals surface area contributed by atoms with Gasteiger partial charge in [-0.15, -0.1) is 0 Å². The van der Waals surface area contributed by atoms with Gasteiger partial charge in [-0.2, -0.15) is 0 Å². The van der Waals surface area contributed by atoms with Gasteiger partial charge in [-0.05, 0) is 35.4 Å². The summed E-state index contributed by atoms with van der Waals surface area (Å²) in [5.74, 6) is 0.0156. The lowest BCUT2D eigenvalue weighted by Crippen LogP contribution is -2.42. The predicted molar refractivity (Wildman–Crippen MR) is 112 cm³/mol. The van der Waals surface area contributed by atoms with Gasteiger partial charge in [-0.1, -0.05) is 48.5 Å². The monoisotopic (exact) mass is 387 g/mol. The Morgan fingerprint density at radius 2 is 1.66 bits per heavy atom. The minimum absolute atomic E-state index is 0.258. The van der Waals surface area contributed by atoms with E-state index in [1.165, 1.54) is 0 Å². The van der Waals surface area contributed by atoms with Gasteiger partial charge in [0.15, 0.2) is 0 Å². The zero-order valence-electron chi connectivity index (χ0n) is 15.7. The number of para-hydroxylation sites is 1. The first kappa shape index (κ1) is 18.6. The van der Waals surface area contributed by atoms with Crippen LogP contribution in [0, 0.1) is 0 Å². The molecule has 0 saturated carbocycles. The van der Waals surface area contributed by atoms with Crippen molar-refractivity contribution < 1.29 is 14.3 Å². The Morgan fingerprint density at radius 1 is 0.897 bits per heavy atom. The van der Waals surface area contributed by atoms with E-state index in [0.29, 0.717) is 35.7 Å². The van der Waals surface area contributed by atoms with Crippen LogP contribution < -0.4 is 21.1 Å². The highest BCUT2D eigenvalue weighted by Gasteiger charge is 2.27. The van der Waals surface area contributed by atoms with Crippen molar-refractivity contribution in [3.8, 4) is 5.75 Å². The molecule has 6 heteroatoms. The van der Waals surface area contributed by atoms with E-state index in [2.05, 4.69) is 10.6 Å². The summed E-state index contributed by atoms with van der Waals surface area (Å²) >= 11 is 0. The second-order valence-electron chi connectivity index (χ2n) is 6.91. The molecule has 0 radical (unpaired) electrons. The third kappa shape index (κ3) is 4.21. The highest BCUT2D eigenvalue weighted by atomic mass is 16.5. The van der Waals surface area contributed by atoms with Crippen molar-refractivity contribution in [2.45, 2.75) is 19.1 Å². The van der Waals surface area contributed by atoms with Gasteiger partial charge in [0.1, 0.15) is 18.4 Å². The summed E-state index contributed by atoms with van der Waals surface area (Å²) in [4.78, 5) is 25.1. The Labute approximate surface area is 168 Å². The molecule has 4 rings (SSSR count). The summed E-state index contributed by atoms with van der Waals surface area (Å²) in [6.07, 6.45) is 0.327. The van der Waals surface area contributed by atoms with Gasteiger partial charge < -0.3 is 21.1 Å². The van der Waals surface area contributed by atoms with Gasteiger partial charge >= 0.3 is 0 Å². The van der Waals surface area contributed by atoms with E-state index in [-0.39, 0.29) is 11.8 Å². The average Bonchev–Trinajstić information content (AvgIpc) is 2.85. The van der Waals surface area contributed by atoms with Crippen LogP contribution >= 0.6 is 0 Å². The maximum atomic E-state index is 12.6. The summed E-state index contributed by atoms with van der Waals surface area (Å²) < 4.78 is 5.86. The topological polar surface area (TPSA) is 93.5 Å². The first-order chi connectivity index (χ1) is 14.1. The molecule has 0 bridgehead atoms. The molecule has 3 aromatic carbocycles. The molecule has 0 saturated heterocycles. The Bertz CT molecular complexity index is 1050. The number of carbonyl (C=O) groups excluding carboxylic acids is 2. The van der Waals surface area contributed by atoms with Crippen molar-refractivity contribution in [1.82, 2.24) is 5.32 Å². The number of fused-ring (bicyclic) bond motifs is 1. The van der Waals surface area contributed by atoms with Crippen LogP contribution in [-0.2, 0) is 17.8 Å². The third-order valence-corrected chi connectivity index (χ3v) is 4.81. The smallest absolute Gasteiger partial charge is 0.254 e. The van der Waals surface area contributed by atoms with E-state index < -0.39 is 6.04 Å². The fourth-order valence-electron chi connectivity index (χ4n) is 3.26. The third-order valence-electron chi connectivity index (χ3n) is 4.81. The fraction of sp³-hybridized carbons (Fsp3) is 0.130. The Morgan fingerprint density at radius 3 is 2.48 bits per heavy atom. The lowest BCUT2D eigenvalue weighted by atomic mass is 10.0. The Kier molecular flexibility index (Phi) is 5.16. The largest absolute Gasteiger partial charge is 0.487 e. The molecule has 146 valence electrons. The number of benzene rings is 3. The second-order valence-corrected chi connectivity index (χ2v) is 6.91. The van der Waals surface area contributed by atoms with Gasteiger partial charge in [0.25, 0.3) is 5.91 Å². The molecule has 29 heavy (non-hydrogen) atoms. The lowest BCUT2D eigenvalue weighted by molar-refractivity contribution is -0.117. The number of rotatable bonds is 5. The summed E-state index contributed by atoms with van der Waals surface area (Å²) in [5.41, 5.74) is 9.41. The predicted octanol–water partition coefficient (Wildman–Crippen LogP) is 3.14. The molecule has 0 aromatic heterocycles. The average molecular weight is 387 g/mol. The normalized spacial score (nSPS) is 15.7. The maximum absolute atomic E-state index is 12.6. The molecular formula is C23H21N3O3. The SMILES string of the molecule is Nc1ccc(CC2NC(=O)c3ccccc3NC2=O)cc1OCc1ccccc1. The highest BCUT2D eigenvalue weighted by molar-refractivity contribution is 6.09. The molecule has 1 aliphatic heterocycles. The molecule has 0 fully saturated rings. The van der Waals surface area contributed by atoms with Crippen molar-refractivity contribution in [3.05, 3.63) is 89.5 Å². The molecule has 0 spiro atoms. The number of hydrogen-bond acceptors (Lipinski definition) is 4. The minimum atomic E-state index is -0.694. The van der Waals surface area contributed by atoms with E-state index in [1.807, 2.05) is 42.5 Å². The van der Waals surface area contributed by atoms with Crippen LogP contribution in [-0.4, -0.2) is 17.9 Å². The molecule has 1 unspecified atom stereocenters. The van der Waals surface area contributed by atoms with Crippen LogP contribution in [0.15, 0.2) is 72.8 Å². The van der Waals surface area contributed by atoms with E-state index >= 15 is 0 Å². The number of carbonyl (C=O) groups is 2. The number of nitrogen functional groups attached to an aromatic ring is 1. The molecular weight excluding hydrogens is 366 g/mol. The molecule has 1 atom stereocenters. The van der Waals surface area contributed by atoms with Crippen LogP contribution in [0.5, 0.6) is 5.75 Å². The molecule has 3 aromatic rings. The number of anilines is 2. The van der Waals surface area contributed by atoms with Crippen LogP contribution in [0.25, 0.3) is 0 Å². The first-order valence-corrected chi connectivity index (χ1v) is 9.36. The van der Waals surface area contributed by atoms with E-state index in [4.69, 9.17) is 10.5 Å². The highest BCUT2D eigenvalue weighted by Crippen LogP contribution is 2.25. The number of amides is 2. The van der Waals surface area contributed by atoms with Crippen LogP contribution in [0.4, 0.5) is 11.4 Å². The van der Waals surface area contributed by atoms with Gasteiger partial charge in [0.05, 0.1) is 16.9 Å². The second kappa shape index (κ2) is 8.06. The van der Waals surface area contributed by atoms with Crippen LogP contribution in [0.3, 0.4) is 0 Å². The van der Waals surface area contributed by atoms with Gasteiger partial charge in [-0.25, -0.2) is 0 Å². The van der Waals surface area contributed by atoms with E-state index in [9.17, 15) is 9.59 Å². The molecule has 1 aliphatic rings. The summed E-state index contributed by atoms with van der Waals surface area (Å²) in [7, 11) is 0. The van der Waals surface area contributed by atoms with Crippen LogP contribution in [0.1, 0.15) is 21.5 Å². The quantitative estimate of drug-likeness (QED) is 0.586. The number of ether oxygens (including phenoxy) is 1. The minimum Gasteiger partial charge on any atom is -0.487 e. The Hall–Kier alpha value is -3.80. The number of hydrogen-bond donors (Lipinski definition) is 3. The van der Waals surface area contributed by atoms with Gasteiger partial charge in [0.2, 0.25) is 5.91 Å². The summed E-state index contributed by atoms with van der Waals surface area (Å²) in [6, 6.07) is 21.5. The number of nitrogens with one attached hydrogen (secondary N) is 2. The van der Waals surface area contributed by atoms with E-state index in [0.717, 1.165) is 11.1 Å². The van der Waals surface area contributed by atoms with Gasteiger partial charge in [-0.3, -0.25) is 9.59 Å². The first-order valence-electron chi connectivity index (χ1n) is 9.36. The molecule has 6 nitrogen and oxygen atoms in total. The van der Waals surface area contributed by atoms with Gasteiger partial charge in [0, 0.05) is 6.42 Å². The van der Waals surface area contributed by atoms with Crippen LogP contribution in [0.2, 0.25) is 0 Å². The lowest BCUT2D eigenvalue weighted by Gasteiger charge is -2.16. The Balaban J connectivity index is 1.49. The molecule has 4 N–H and O–H groups in total. The zero-order valence-corrected chi connectivity index (χ0v) is 15.7. The summed E-state index contributed by atoms with van der Waals surface area (Å²) in [5, 5.41) is 5.62. The molecule has 0 aliphatic carbocycles. The van der Waals surface area contributed by atoms with Crippen molar-refractivity contribution in [1.29, 1.82) is 0 Å². The van der Waals surface area contributed by atoms with Crippen molar-refractivity contribution in [2.24, 2.45) is 0 Å². The molecule has 2 amide bonds. The molecule has 1 heterocycles. The zero-order chi connectivity index (χ0) is 20.2. The standard InChI is InChI=1S/C23H21N3O3/c24-18-11-10-16(13-21(18)29-14-15-6-2-1-3-7-15)12-20-23(28)25-19-9-5-4-8-17(19)22(27)26-20/h1-11,13,20H,12,14,24H2,(H,25,28)(H,26,27). The van der Waals surface area contributed by atoms with Crippen molar-refractivity contribution >= 4 is 23.2 Å². The number of nitrogens with two attached hydrogens (primary N) is 1.